The highest BCUT2D eigenvalue weighted by Crippen LogP contribution is 2.19. The van der Waals surface area contributed by atoms with E-state index in [9.17, 15) is 13.2 Å². The van der Waals surface area contributed by atoms with Gasteiger partial charge in [-0.25, -0.2) is 13.2 Å². The molecule has 84 valence electrons. The number of anilines is 1. The summed E-state index contributed by atoms with van der Waals surface area (Å²) in [6, 6.07) is 2.12. The third-order valence-electron chi connectivity index (χ3n) is 2.37. The molecule has 4 heteroatoms. The van der Waals surface area contributed by atoms with E-state index in [1.807, 2.05) is 13.8 Å². The van der Waals surface area contributed by atoms with Crippen LogP contribution >= 0.6 is 0 Å². The van der Waals surface area contributed by atoms with Crippen LogP contribution in [0.1, 0.15) is 20.3 Å². The van der Waals surface area contributed by atoms with E-state index in [-0.39, 0.29) is 5.69 Å². The van der Waals surface area contributed by atoms with Gasteiger partial charge in [0.05, 0.1) is 5.69 Å². The van der Waals surface area contributed by atoms with E-state index < -0.39 is 17.5 Å². The average molecular weight is 217 g/mol. The Labute approximate surface area is 87.3 Å². The third kappa shape index (κ3) is 2.88. The molecule has 0 aliphatic rings. The van der Waals surface area contributed by atoms with Gasteiger partial charge in [-0.3, -0.25) is 0 Å². The van der Waals surface area contributed by atoms with E-state index in [2.05, 4.69) is 5.32 Å². The minimum absolute atomic E-state index is 0.00852. The summed E-state index contributed by atoms with van der Waals surface area (Å²) in [5.74, 6) is -3.39. The highest BCUT2D eigenvalue weighted by molar-refractivity contribution is 5.45. The van der Waals surface area contributed by atoms with Crippen molar-refractivity contribution in [1.82, 2.24) is 0 Å². The van der Waals surface area contributed by atoms with Gasteiger partial charge >= 0.3 is 0 Å². The molecule has 0 saturated carbocycles. The second-order valence-corrected chi connectivity index (χ2v) is 3.62. The van der Waals surface area contributed by atoms with Gasteiger partial charge in [-0.15, -0.1) is 0 Å². The summed E-state index contributed by atoms with van der Waals surface area (Å²) in [5, 5.41) is 2.75. The molecule has 0 radical (unpaired) electrons. The van der Waals surface area contributed by atoms with Gasteiger partial charge in [-0.05, 0) is 18.1 Å². The van der Waals surface area contributed by atoms with Crippen LogP contribution in [0.3, 0.4) is 0 Å². The van der Waals surface area contributed by atoms with E-state index in [4.69, 9.17) is 0 Å². The van der Waals surface area contributed by atoms with Gasteiger partial charge in [0.15, 0.2) is 17.5 Å². The molecule has 1 rings (SSSR count). The van der Waals surface area contributed by atoms with Crippen LogP contribution in [0.5, 0.6) is 0 Å². The predicted molar refractivity (Wildman–Crippen MR) is 54.3 cm³/mol. The van der Waals surface area contributed by atoms with Crippen molar-refractivity contribution >= 4 is 5.69 Å². The average Bonchev–Trinajstić information content (AvgIpc) is 2.24. The predicted octanol–water partition coefficient (Wildman–Crippen LogP) is 3.56. The fourth-order valence-corrected chi connectivity index (χ4v) is 1.09. The molecule has 1 nitrogen and oxygen atoms in total. The Hall–Kier alpha value is -1.19. The molecule has 0 aliphatic heterocycles. The fraction of sp³-hybridized carbons (Fsp3) is 0.455. The third-order valence-corrected chi connectivity index (χ3v) is 2.37. The quantitative estimate of drug-likeness (QED) is 0.760. The Kier molecular flexibility index (Phi) is 4.00. The molecule has 0 aromatic heterocycles. The normalized spacial score (nSPS) is 12.6. The van der Waals surface area contributed by atoms with Crippen molar-refractivity contribution in [2.24, 2.45) is 5.92 Å². The summed E-state index contributed by atoms with van der Waals surface area (Å²) >= 11 is 0. The Morgan fingerprint density at radius 3 is 2.47 bits per heavy atom. The van der Waals surface area contributed by atoms with Crippen LogP contribution in [0.4, 0.5) is 18.9 Å². The van der Waals surface area contributed by atoms with Crippen molar-refractivity contribution in [3.63, 3.8) is 0 Å². The van der Waals surface area contributed by atoms with Gasteiger partial charge < -0.3 is 5.32 Å². The minimum atomic E-state index is -1.43. The highest BCUT2D eigenvalue weighted by atomic mass is 19.2. The summed E-state index contributed by atoms with van der Waals surface area (Å²) in [7, 11) is 0. The van der Waals surface area contributed by atoms with E-state index in [0.717, 1.165) is 12.5 Å². The highest BCUT2D eigenvalue weighted by Gasteiger charge is 2.13. The summed E-state index contributed by atoms with van der Waals surface area (Å²) < 4.78 is 38.5. The number of hydrogen-bond acceptors (Lipinski definition) is 1. The van der Waals surface area contributed by atoms with E-state index >= 15 is 0 Å². The van der Waals surface area contributed by atoms with Crippen molar-refractivity contribution in [2.45, 2.75) is 20.3 Å². The lowest BCUT2D eigenvalue weighted by Gasteiger charge is -2.12. The molecule has 0 unspecified atom stereocenters. The molecule has 1 atom stereocenters. The SMILES string of the molecule is CC[C@H](C)CNc1ccc(F)c(F)c1F. The van der Waals surface area contributed by atoms with Crippen LogP contribution in [0, 0.1) is 23.4 Å². The zero-order valence-electron chi connectivity index (χ0n) is 8.78. The zero-order valence-corrected chi connectivity index (χ0v) is 8.78. The first kappa shape index (κ1) is 11.9. The molecule has 0 amide bonds. The molecule has 0 bridgehead atoms. The van der Waals surface area contributed by atoms with E-state index in [0.29, 0.717) is 12.5 Å². The number of rotatable bonds is 4. The first-order valence-electron chi connectivity index (χ1n) is 4.93. The molecule has 0 heterocycles. The van der Waals surface area contributed by atoms with Gasteiger partial charge in [0.2, 0.25) is 0 Å². The van der Waals surface area contributed by atoms with E-state index in [1.165, 1.54) is 6.07 Å². The lowest BCUT2D eigenvalue weighted by molar-refractivity contribution is 0.448. The van der Waals surface area contributed by atoms with Crippen LogP contribution in [0.25, 0.3) is 0 Å². The van der Waals surface area contributed by atoms with Crippen molar-refractivity contribution in [1.29, 1.82) is 0 Å². The molecule has 15 heavy (non-hydrogen) atoms. The van der Waals surface area contributed by atoms with Crippen molar-refractivity contribution < 1.29 is 13.2 Å². The smallest absolute Gasteiger partial charge is 0.196 e. The topological polar surface area (TPSA) is 12.0 Å². The van der Waals surface area contributed by atoms with Gasteiger partial charge in [0, 0.05) is 6.54 Å². The standard InChI is InChI=1S/C11H14F3N/c1-3-7(2)6-15-9-5-4-8(12)10(13)11(9)14/h4-5,7,15H,3,6H2,1-2H3/t7-/m0/s1. The monoisotopic (exact) mass is 217 g/mol. The maximum atomic E-state index is 13.1. The maximum absolute atomic E-state index is 13.1. The Morgan fingerprint density at radius 1 is 1.20 bits per heavy atom. The minimum Gasteiger partial charge on any atom is -0.382 e. The van der Waals surface area contributed by atoms with Crippen molar-refractivity contribution in [3.05, 3.63) is 29.6 Å². The molecule has 1 aromatic rings. The number of halogens is 3. The maximum Gasteiger partial charge on any atom is 0.196 e. The molecule has 0 aliphatic carbocycles. The molecule has 0 fully saturated rings. The lowest BCUT2D eigenvalue weighted by Crippen LogP contribution is -2.12. The van der Waals surface area contributed by atoms with Crippen molar-refractivity contribution in [2.75, 3.05) is 11.9 Å². The Bertz CT molecular complexity index is 339. The van der Waals surface area contributed by atoms with Gasteiger partial charge in [0.1, 0.15) is 0 Å². The fourth-order valence-electron chi connectivity index (χ4n) is 1.09. The molecule has 0 spiro atoms. The van der Waals surface area contributed by atoms with Crippen LogP contribution in [0.15, 0.2) is 12.1 Å². The number of benzene rings is 1. The van der Waals surface area contributed by atoms with Crippen LogP contribution < -0.4 is 5.32 Å². The zero-order chi connectivity index (χ0) is 11.4. The molecule has 1 N–H and O–H groups in total. The Balaban J connectivity index is 2.74. The second-order valence-electron chi connectivity index (χ2n) is 3.62. The molecular weight excluding hydrogens is 203 g/mol. The number of nitrogens with one attached hydrogen (secondary N) is 1. The van der Waals surface area contributed by atoms with Gasteiger partial charge in [-0.2, -0.15) is 0 Å². The lowest BCUT2D eigenvalue weighted by atomic mass is 10.1. The van der Waals surface area contributed by atoms with Crippen LogP contribution in [-0.2, 0) is 0 Å². The first-order valence-corrected chi connectivity index (χ1v) is 4.93. The first-order chi connectivity index (χ1) is 7.06. The van der Waals surface area contributed by atoms with Crippen LogP contribution in [-0.4, -0.2) is 6.54 Å². The Morgan fingerprint density at radius 2 is 1.87 bits per heavy atom. The summed E-state index contributed by atoms with van der Waals surface area (Å²) in [5.41, 5.74) is 0.00852. The van der Waals surface area contributed by atoms with Gasteiger partial charge in [0.25, 0.3) is 0 Å². The van der Waals surface area contributed by atoms with Crippen LogP contribution in [0.2, 0.25) is 0 Å². The summed E-state index contributed by atoms with van der Waals surface area (Å²) in [6.07, 6.45) is 0.943. The largest absolute Gasteiger partial charge is 0.382 e. The second kappa shape index (κ2) is 5.05. The molecule has 0 saturated heterocycles. The van der Waals surface area contributed by atoms with Gasteiger partial charge in [-0.1, -0.05) is 20.3 Å². The van der Waals surface area contributed by atoms with Crippen molar-refractivity contribution in [3.8, 4) is 0 Å². The molecule has 1 aromatic carbocycles. The summed E-state index contributed by atoms with van der Waals surface area (Å²) in [4.78, 5) is 0. The summed E-state index contributed by atoms with van der Waals surface area (Å²) in [6.45, 7) is 4.54. The number of hydrogen-bond donors (Lipinski definition) is 1. The van der Waals surface area contributed by atoms with E-state index in [1.54, 1.807) is 0 Å². The molecular formula is C11H14F3N.